The summed E-state index contributed by atoms with van der Waals surface area (Å²) in [4.78, 5) is 13.6. The first kappa shape index (κ1) is 14.4. The van der Waals surface area contributed by atoms with Gasteiger partial charge in [0, 0.05) is 33.3 Å². The summed E-state index contributed by atoms with van der Waals surface area (Å²) in [6, 6.07) is 0. The molecule has 0 aromatic heterocycles. The van der Waals surface area contributed by atoms with Gasteiger partial charge in [0.25, 0.3) is 0 Å². The van der Waals surface area contributed by atoms with Crippen LogP contribution >= 0.6 is 0 Å². The number of rotatable bonds is 7. The van der Waals surface area contributed by atoms with Gasteiger partial charge in [-0.3, -0.25) is 4.79 Å². The van der Waals surface area contributed by atoms with Gasteiger partial charge in [-0.05, 0) is 7.05 Å². The Bertz CT molecular complexity index is 226. The summed E-state index contributed by atoms with van der Waals surface area (Å²) < 4.78 is 10.4. The second kappa shape index (κ2) is 8.41. The molecule has 17 heavy (non-hydrogen) atoms. The zero-order valence-electron chi connectivity index (χ0n) is 10.7. The molecule has 0 aliphatic carbocycles. The van der Waals surface area contributed by atoms with Crippen molar-refractivity contribution in [2.75, 3.05) is 60.1 Å². The van der Waals surface area contributed by atoms with Crippen LogP contribution < -0.4 is 10.6 Å². The maximum Gasteiger partial charge on any atom is 0.234 e. The first-order valence-electron chi connectivity index (χ1n) is 5.99. The molecule has 1 saturated heterocycles. The largest absolute Gasteiger partial charge is 0.383 e. The van der Waals surface area contributed by atoms with E-state index < -0.39 is 0 Å². The first-order chi connectivity index (χ1) is 8.22. The molecule has 1 rings (SSSR count). The van der Waals surface area contributed by atoms with Crippen LogP contribution in [0.25, 0.3) is 0 Å². The highest BCUT2D eigenvalue weighted by atomic mass is 16.5. The fourth-order valence-electron chi connectivity index (χ4n) is 1.69. The summed E-state index contributed by atoms with van der Waals surface area (Å²) in [7, 11) is 3.69. The summed E-state index contributed by atoms with van der Waals surface area (Å²) in [6.07, 6.45) is 0.181. The monoisotopic (exact) mass is 245 g/mol. The van der Waals surface area contributed by atoms with Crippen LogP contribution in [0, 0.1) is 0 Å². The van der Waals surface area contributed by atoms with Gasteiger partial charge in [-0.2, -0.15) is 0 Å². The minimum atomic E-state index is -0.00814. The molecule has 0 bridgehead atoms. The third-order valence-electron chi connectivity index (χ3n) is 2.63. The van der Waals surface area contributed by atoms with Crippen molar-refractivity contribution >= 4 is 5.91 Å². The Labute approximate surface area is 103 Å². The summed E-state index contributed by atoms with van der Waals surface area (Å²) in [5.41, 5.74) is 0. The summed E-state index contributed by atoms with van der Waals surface area (Å²) in [5.74, 6) is -0.00814. The van der Waals surface area contributed by atoms with E-state index in [1.807, 2.05) is 0 Å². The van der Waals surface area contributed by atoms with Gasteiger partial charge in [-0.25, -0.2) is 0 Å². The maximum atomic E-state index is 11.3. The van der Waals surface area contributed by atoms with Crippen molar-refractivity contribution in [2.45, 2.75) is 6.10 Å². The second-order valence-electron chi connectivity index (χ2n) is 4.23. The molecule has 1 heterocycles. The lowest BCUT2D eigenvalue weighted by Crippen LogP contribution is -2.46. The Morgan fingerprint density at radius 1 is 1.59 bits per heavy atom. The Morgan fingerprint density at radius 2 is 2.41 bits per heavy atom. The number of nitrogens with zero attached hydrogens (tertiary/aromatic N) is 1. The molecule has 0 spiro atoms. The maximum absolute atomic E-state index is 11.3. The van der Waals surface area contributed by atoms with E-state index in [1.54, 1.807) is 7.11 Å². The van der Waals surface area contributed by atoms with E-state index in [4.69, 9.17) is 9.47 Å². The van der Waals surface area contributed by atoms with Crippen LogP contribution in [0.3, 0.4) is 0 Å². The van der Waals surface area contributed by atoms with Crippen molar-refractivity contribution in [3.63, 3.8) is 0 Å². The number of methoxy groups -OCH3 is 1. The van der Waals surface area contributed by atoms with Crippen molar-refractivity contribution in [2.24, 2.45) is 0 Å². The highest BCUT2D eigenvalue weighted by molar-refractivity contribution is 5.77. The number of nitrogens with one attached hydrogen (secondary N) is 2. The van der Waals surface area contributed by atoms with E-state index in [9.17, 15) is 4.79 Å². The predicted molar refractivity (Wildman–Crippen MR) is 65.0 cm³/mol. The van der Waals surface area contributed by atoms with E-state index in [0.29, 0.717) is 26.2 Å². The molecule has 6 nitrogen and oxygen atoms in total. The number of ether oxygens (including phenoxy) is 2. The molecule has 2 N–H and O–H groups in total. The number of hydrogen-bond donors (Lipinski definition) is 2. The quantitative estimate of drug-likeness (QED) is 0.544. The molecule has 0 aromatic rings. The van der Waals surface area contributed by atoms with Crippen molar-refractivity contribution in [3.05, 3.63) is 0 Å². The summed E-state index contributed by atoms with van der Waals surface area (Å²) in [5, 5.41) is 5.85. The molecule has 6 heteroatoms. The van der Waals surface area contributed by atoms with Gasteiger partial charge in [0.05, 0.1) is 25.9 Å². The Balaban J connectivity index is 2.00. The van der Waals surface area contributed by atoms with Gasteiger partial charge in [-0.15, -0.1) is 0 Å². The van der Waals surface area contributed by atoms with Crippen LogP contribution in [-0.2, 0) is 14.3 Å². The lowest BCUT2D eigenvalue weighted by Gasteiger charge is -2.30. The number of carbonyl (C=O) groups excluding carboxylic acids is 1. The standard InChI is InChI=1S/C11H23N3O3/c1-14-4-6-17-10(9-14)7-12-8-11(15)13-3-5-16-2/h10,12H,3-9H2,1-2H3,(H,13,15). The summed E-state index contributed by atoms with van der Waals surface area (Å²) in [6.45, 7) is 4.80. The van der Waals surface area contributed by atoms with Crippen LogP contribution in [0.4, 0.5) is 0 Å². The molecular weight excluding hydrogens is 222 g/mol. The van der Waals surface area contributed by atoms with Gasteiger partial charge in [-0.1, -0.05) is 0 Å². The Hall–Kier alpha value is -0.690. The van der Waals surface area contributed by atoms with Crippen molar-refractivity contribution in [1.82, 2.24) is 15.5 Å². The fourth-order valence-corrected chi connectivity index (χ4v) is 1.69. The third kappa shape index (κ3) is 6.58. The smallest absolute Gasteiger partial charge is 0.234 e. The van der Waals surface area contributed by atoms with E-state index in [1.165, 1.54) is 0 Å². The molecule has 0 radical (unpaired) electrons. The number of likely N-dealkylation sites (N-methyl/N-ethyl adjacent to an activating group) is 1. The van der Waals surface area contributed by atoms with Gasteiger partial charge in [0.1, 0.15) is 0 Å². The van der Waals surface area contributed by atoms with E-state index in [-0.39, 0.29) is 12.0 Å². The Morgan fingerprint density at radius 3 is 3.12 bits per heavy atom. The molecule has 100 valence electrons. The second-order valence-corrected chi connectivity index (χ2v) is 4.23. The van der Waals surface area contributed by atoms with E-state index in [0.717, 1.165) is 19.7 Å². The van der Waals surface area contributed by atoms with Crippen LogP contribution in [0.2, 0.25) is 0 Å². The number of morpholine rings is 1. The van der Waals surface area contributed by atoms with Gasteiger partial charge in [0.15, 0.2) is 0 Å². The van der Waals surface area contributed by atoms with Crippen LogP contribution in [0.5, 0.6) is 0 Å². The summed E-state index contributed by atoms with van der Waals surface area (Å²) >= 11 is 0. The van der Waals surface area contributed by atoms with Crippen molar-refractivity contribution in [3.8, 4) is 0 Å². The molecular formula is C11H23N3O3. The zero-order chi connectivity index (χ0) is 12.5. The fraction of sp³-hybridized carbons (Fsp3) is 0.909. The Kier molecular flexibility index (Phi) is 7.11. The normalized spacial score (nSPS) is 21.4. The average Bonchev–Trinajstić information content (AvgIpc) is 2.29. The molecule has 0 aromatic carbocycles. The number of carbonyl (C=O) groups is 1. The first-order valence-corrected chi connectivity index (χ1v) is 5.99. The van der Waals surface area contributed by atoms with Gasteiger partial charge in [0.2, 0.25) is 5.91 Å². The molecule has 1 fully saturated rings. The van der Waals surface area contributed by atoms with Gasteiger partial charge >= 0.3 is 0 Å². The topological polar surface area (TPSA) is 62.8 Å². The zero-order valence-corrected chi connectivity index (χ0v) is 10.7. The average molecular weight is 245 g/mol. The molecule has 1 amide bonds. The highest BCUT2D eigenvalue weighted by Gasteiger charge is 2.17. The molecule has 0 saturated carbocycles. The van der Waals surface area contributed by atoms with Gasteiger partial charge < -0.3 is 25.0 Å². The minimum Gasteiger partial charge on any atom is -0.383 e. The minimum absolute atomic E-state index is 0.00814. The SMILES string of the molecule is COCCNC(=O)CNCC1CN(C)CCO1. The van der Waals surface area contributed by atoms with Crippen molar-refractivity contribution in [1.29, 1.82) is 0 Å². The highest BCUT2D eigenvalue weighted by Crippen LogP contribution is 2.00. The van der Waals surface area contributed by atoms with Crippen LogP contribution in [-0.4, -0.2) is 77.0 Å². The van der Waals surface area contributed by atoms with Crippen molar-refractivity contribution < 1.29 is 14.3 Å². The predicted octanol–water partition coefficient (Wildman–Crippen LogP) is -1.33. The molecule has 1 aliphatic heterocycles. The third-order valence-corrected chi connectivity index (χ3v) is 2.63. The van der Waals surface area contributed by atoms with E-state index >= 15 is 0 Å². The lowest BCUT2D eigenvalue weighted by molar-refractivity contribution is -0.120. The number of hydrogen-bond acceptors (Lipinski definition) is 5. The molecule has 1 aliphatic rings. The van der Waals surface area contributed by atoms with Crippen LogP contribution in [0.15, 0.2) is 0 Å². The van der Waals surface area contributed by atoms with E-state index in [2.05, 4.69) is 22.6 Å². The van der Waals surface area contributed by atoms with Crippen LogP contribution in [0.1, 0.15) is 0 Å². The molecule has 1 atom stereocenters. The molecule has 1 unspecified atom stereocenters. The lowest BCUT2D eigenvalue weighted by atomic mass is 10.3. The number of amides is 1.